The van der Waals surface area contributed by atoms with Crippen molar-refractivity contribution in [3.63, 3.8) is 0 Å². The smallest absolute Gasteiger partial charge is 0.151 e. The van der Waals surface area contributed by atoms with Crippen molar-refractivity contribution in [2.24, 2.45) is 10.7 Å². The SMILES string of the molecule is CCC(/C=C(\N)c1cccc(N)c1OC)=NC1CCOCC1. The summed E-state index contributed by atoms with van der Waals surface area (Å²) in [7, 11) is 1.60. The van der Waals surface area contributed by atoms with Gasteiger partial charge in [-0.25, -0.2) is 0 Å². The molecule has 120 valence electrons. The Morgan fingerprint density at radius 1 is 1.41 bits per heavy atom. The van der Waals surface area contributed by atoms with Crippen molar-refractivity contribution in [2.45, 2.75) is 32.2 Å². The maximum atomic E-state index is 6.24. The van der Waals surface area contributed by atoms with Crippen LogP contribution in [0.15, 0.2) is 29.3 Å². The molecular weight excluding hydrogens is 278 g/mol. The standard InChI is InChI=1S/C17H25N3O2/c1-3-12(20-13-7-9-22-10-8-13)11-16(19)14-5-4-6-15(18)17(14)21-2/h4-6,11,13H,3,7-10,18-19H2,1-2H3/b16-11-,20-12?. The number of benzene rings is 1. The first-order valence-electron chi connectivity index (χ1n) is 7.70. The average molecular weight is 303 g/mol. The number of rotatable bonds is 5. The Bertz CT molecular complexity index is 561. The molecule has 1 aliphatic rings. The Morgan fingerprint density at radius 2 is 2.14 bits per heavy atom. The molecule has 4 N–H and O–H groups in total. The molecule has 0 bridgehead atoms. The molecule has 0 atom stereocenters. The van der Waals surface area contributed by atoms with E-state index in [-0.39, 0.29) is 0 Å². The van der Waals surface area contributed by atoms with Crippen molar-refractivity contribution in [1.29, 1.82) is 0 Å². The number of allylic oxidation sites excluding steroid dienone is 1. The van der Waals surface area contributed by atoms with Crippen LogP contribution in [0.4, 0.5) is 5.69 Å². The van der Waals surface area contributed by atoms with E-state index in [9.17, 15) is 0 Å². The van der Waals surface area contributed by atoms with Crippen molar-refractivity contribution in [2.75, 3.05) is 26.1 Å². The Hall–Kier alpha value is -2.01. The molecule has 1 aromatic carbocycles. The van der Waals surface area contributed by atoms with Gasteiger partial charge in [-0.2, -0.15) is 0 Å². The summed E-state index contributed by atoms with van der Waals surface area (Å²) in [5.41, 5.74) is 15.2. The lowest BCUT2D eigenvalue weighted by Gasteiger charge is -2.19. The van der Waals surface area contributed by atoms with Gasteiger partial charge >= 0.3 is 0 Å². The highest BCUT2D eigenvalue weighted by atomic mass is 16.5. The minimum Gasteiger partial charge on any atom is -0.494 e. The zero-order chi connectivity index (χ0) is 15.9. The summed E-state index contributed by atoms with van der Waals surface area (Å²) in [5, 5.41) is 0. The number of anilines is 1. The first-order chi connectivity index (χ1) is 10.7. The highest BCUT2D eigenvalue weighted by Gasteiger charge is 2.13. The third-order valence-corrected chi connectivity index (χ3v) is 3.78. The van der Waals surface area contributed by atoms with E-state index in [1.165, 1.54) is 0 Å². The summed E-state index contributed by atoms with van der Waals surface area (Å²) in [6, 6.07) is 5.90. The number of ether oxygens (including phenoxy) is 2. The number of hydrogen-bond donors (Lipinski definition) is 2. The number of aliphatic imine (C=N–C) groups is 1. The third kappa shape index (κ3) is 4.01. The summed E-state index contributed by atoms with van der Waals surface area (Å²) < 4.78 is 10.7. The lowest BCUT2D eigenvalue weighted by molar-refractivity contribution is 0.0871. The lowest BCUT2D eigenvalue weighted by atomic mass is 10.1. The summed E-state index contributed by atoms with van der Waals surface area (Å²) in [6.07, 6.45) is 4.70. The van der Waals surface area contributed by atoms with Gasteiger partial charge < -0.3 is 20.9 Å². The van der Waals surface area contributed by atoms with Gasteiger partial charge in [-0.3, -0.25) is 4.99 Å². The van der Waals surface area contributed by atoms with Crippen molar-refractivity contribution < 1.29 is 9.47 Å². The normalized spacial score (nSPS) is 17.5. The van der Waals surface area contributed by atoms with Crippen LogP contribution in [0.2, 0.25) is 0 Å². The first kappa shape index (κ1) is 16.4. The molecule has 2 rings (SSSR count). The fourth-order valence-corrected chi connectivity index (χ4v) is 2.55. The summed E-state index contributed by atoms with van der Waals surface area (Å²) in [4.78, 5) is 4.81. The maximum absolute atomic E-state index is 6.24. The second kappa shape index (κ2) is 7.84. The number of nitrogen functional groups attached to an aromatic ring is 1. The number of nitrogens with zero attached hydrogens (tertiary/aromatic N) is 1. The number of para-hydroxylation sites is 1. The predicted octanol–water partition coefficient (Wildman–Crippen LogP) is 2.61. The van der Waals surface area contributed by atoms with E-state index in [0.717, 1.165) is 43.8 Å². The van der Waals surface area contributed by atoms with Crippen LogP contribution in [0.3, 0.4) is 0 Å². The van der Waals surface area contributed by atoms with E-state index < -0.39 is 0 Å². The fraction of sp³-hybridized carbons (Fsp3) is 0.471. The van der Waals surface area contributed by atoms with Gasteiger partial charge in [0, 0.05) is 30.2 Å². The molecule has 1 aliphatic heterocycles. The van der Waals surface area contributed by atoms with Crippen LogP contribution in [0.5, 0.6) is 5.75 Å². The number of hydrogen-bond acceptors (Lipinski definition) is 5. The zero-order valence-corrected chi connectivity index (χ0v) is 13.3. The van der Waals surface area contributed by atoms with Gasteiger partial charge in [0.1, 0.15) is 0 Å². The van der Waals surface area contributed by atoms with Crippen LogP contribution in [-0.2, 0) is 4.74 Å². The highest BCUT2D eigenvalue weighted by molar-refractivity contribution is 6.01. The van der Waals surface area contributed by atoms with Crippen molar-refractivity contribution in [3.8, 4) is 5.75 Å². The summed E-state index contributed by atoms with van der Waals surface area (Å²) >= 11 is 0. The molecule has 1 saturated heterocycles. The first-order valence-corrected chi connectivity index (χ1v) is 7.70. The Balaban J connectivity index is 2.25. The number of methoxy groups -OCH3 is 1. The monoisotopic (exact) mass is 303 g/mol. The lowest BCUT2D eigenvalue weighted by Crippen LogP contribution is -2.20. The zero-order valence-electron chi connectivity index (χ0n) is 13.3. The fourth-order valence-electron chi connectivity index (χ4n) is 2.55. The summed E-state index contributed by atoms with van der Waals surface area (Å²) in [5.74, 6) is 0.609. The molecule has 0 spiro atoms. The molecule has 0 aliphatic carbocycles. The molecular formula is C17H25N3O2. The molecule has 22 heavy (non-hydrogen) atoms. The number of nitrogens with two attached hydrogens (primary N) is 2. The largest absolute Gasteiger partial charge is 0.494 e. The molecule has 0 aromatic heterocycles. The second-order valence-corrected chi connectivity index (χ2v) is 5.35. The quantitative estimate of drug-likeness (QED) is 0.647. The van der Waals surface area contributed by atoms with Gasteiger partial charge in [0.2, 0.25) is 0 Å². The van der Waals surface area contributed by atoms with Crippen LogP contribution in [-0.4, -0.2) is 32.1 Å². The Kier molecular flexibility index (Phi) is 5.83. The van der Waals surface area contributed by atoms with Gasteiger partial charge in [0.15, 0.2) is 5.75 Å². The van der Waals surface area contributed by atoms with Crippen molar-refractivity contribution in [1.82, 2.24) is 0 Å². The van der Waals surface area contributed by atoms with Crippen LogP contribution >= 0.6 is 0 Å². The molecule has 0 radical (unpaired) electrons. The Labute approximate surface area is 132 Å². The average Bonchev–Trinajstić information content (AvgIpc) is 2.54. The van der Waals surface area contributed by atoms with E-state index in [1.807, 2.05) is 18.2 Å². The van der Waals surface area contributed by atoms with E-state index in [2.05, 4.69) is 6.92 Å². The van der Waals surface area contributed by atoms with Gasteiger partial charge in [-0.1, -0.05) is 13.0 Å². The predicted molar refractivity (Wildman–Crippen MR) is 91.1 cm³/mol. The Morgan fingerprint density at radius 3 is 2.77 bits per heavy atom. The van der Waals surface area contributed by atoms with Gasteiger partial charge in [-0.05, 0) is 37.5 Å². The minimum absolute atomic E-state index is 0.329. The molecule has 1 heterocycles. The van der Waals surface area contributed by atoms with Gasteiger partial charge in [0.25, 0.3) is 0 Å². The maximum Gasteiger partial charge on any atom is 0.151 e. The molecule has 0 unspecified atom stereocenters. The molecule has 0 saturated carbocycles. The van der Waals surface area contributed by atoms with Crippen LogP contribution < -0.4 is 16.2 Å². The van der Waals surface area contributed by atoms with Gasteiger partial charge in [-0.15, -0.1) is 0 Å². The van der Waals surface area contributed by atoms with Crippen molar-refractivity contribution >= 4 is 17.1 Å². The molecule has 1 fully saturated rings. The van der Waals surface area contributed by atoms with Crippen LogP contribution in [0.1, 0.15) is 31.7 Å². The molecule has 5 nitrogen and oxygen atoms in total. The second-order valence-electron chi connectivity index (χ2n) is 5.35. The molecule has 5 heteroatoms. The topological polar surface area (TPSA) is 82.9 Å². The minimum atomic E-state index is 0.329. The van der Waals surface area contributed by atoms with Crippen molar-refractivity contribution in [3.05, 3.63) is 29.8 Å². The van der Waals surface area contributed by atoms with E-state index in [0.29, 0.717) is 23.2 Å². The van der Waals surface area contributed by atoms with E-state index in [1.54, 1.807) is 13.2 Å². The van der Waals surface area contributed by atoms with E-state index in [4.69, 9.17) is 25.9 Å². The van der Waals surface area contributed by atoms with Crippen LogP contribution in [0, 0.1) is 0 Å². The van der Waals surface area contributed by atoms with Crippen LogP contribution in [0.25, 0.3) is 5.70 Å². The third-order valence-electron chi connectivity index (χ3n) is 3.78. The van der Waals surface area contributed by atoms with Gasteiger partial charge in [0.05, 0.1) is 18.8 Å². The molecule has 0 amide bonds. The van der Waals surface area contributed by atoms with E-state index >= 15 is 0 Å². The summed E-state index contributed by atoms with van der Waals surface area (Å²) in [6.45, 7) is 3.65. The molecule has 1 aromatic rings. The highest BCUT2D eigenvalue weighted by Crippen LogP contribution is 2.29.